The van der Waals surface area contributed by atoms with Crippen molar-refractivity contribution in [3.8, 4) is 0 Å². The zero-order valence-electron chi connectivity index (χ0n) is 10.9. The summed E-state index contributed by atoms with van der Waals surface area (Å²) in [5, 5.41) is 9.48. The average molecular weight is 235 g/mol. The van der Waals surface area contributed by atoms with Crippen molar-refractivity contribution in [1.29, 1.82) is 0 Å². The summed E-state index contributed by atoms with van der Waals surface area (Å²) in [7, 11) is 0. The van der Waals surface area contributed by atoms with Gasteiger partial charge in [0, 0.05) is 24.7 Å². The normalized spacial score (nSPS) is 25.1. The van der Waals surface area contributed by atoms with Gasteiger partial charge in [0.15, 0.2) is 0 Å². The lowest BCUT2D eigenvalue weighted by molar-refractivity contribution is 0.123. The van der Waals surface area contributed by atoms with Crippen LogP contribution < -0.4 is 4.90 Å². The van der Waals surface area contributed by atoms with Gasteiger partial charge in [-0.1, -0.05) is 6.92 Å². The fourth-order valence-electron chi connectivity index (χ4n) is 2.45. The topological polar surface area (TPSA) is 49.2 Å². The molecule has 1 aromatic heterocycles. The maximum atomic E-state index is 9.48. The highest BCUT2D eigenvalue weighted by Crippen LogP contribution is 2.31. The zero-order valence-corrected chi connectivity index (χ0v) is 10.9. The number of hydrogen-bond donors (Lipinski definition) is 1. The lowest BCUT2D eigenvalue weighted by atomic mass is 9.83. The molecule has 1 saturated heterocycles. The molecule has 0 radical (unpaired) electrons. The summed E-state index contributed by atoms with van der Waals surface area (Å²) in [5.41, 5.74) is 1.91. The number of aliphatic hydroxyl groups is 1. The first-order valence-electron chi connectivity index (χ1n) is 6.20. The Bertz CT molecular complexity index is 408. The molecule has 17 heavy (non-hydrogen) atoms. The Morgan fingerprint density at radius 1 is 1.47 bits per heavy atom. The molecule has 1 atom stereocenters. The summed E-state index contributed by atoms with van der Waals surface area (Å²) >= 11 is 0. The highest BCUT2D eigenvalue weighted by molar-refractivity contribution is 5.44. The molecule has 1 fully saturated rings. The number of rotatable bonds is 2. The van der Waals surface area contributed by atoms with E-state index in [1.165, 1.54) is 0 Å². The summed E-state index contributed by atoms with van der Waals surface area (Å²) in [6, 6.07) is 0. The SMILES string of the molecule is Cc1cnc(C)c(N2CCC[C@@](C)(CO)C2)n1. The second-order valence-corrected chi connectivity index (χ2v) is 5.41. The van der Waals surface area contributed by atoms with Crippen molar-refractivity contribution >= 4 is 5.82 Å². The molecule has 0 saturated carbocycles. The molecule has 1 aliphatic rings. The minimum atomic E-state index is -0.00385. The first kappa shape index (κ1) is 12.3. The molecule has 4 heteroatoms. The smallest absolute Gasteiger partial charge is 0.150 e. The van der Waals surface area contributed by atoms with Gasteiger partial charge in [0.25, 0.3) is 0 Å². The van der Waals surface area contributed by atoms with Crippen LogP contribution >= 0.6 is 0 Å². The molecule has 0 unspecified atom stereocenters. The molecular formula is C13H21N3O. The molecule has 0 aromatic carbocycles. The maximum Gasteiger partial charge on any atom is 0.150 e. The third-order valence-corrected chi connectivity index (χ3v) is 3.51. The van der Waals surface area contributed by atoms with Crippen molar-refractivity contribution in [2.45, 2.75) is 33.6 Å². The Hall–Kier alpha value is -1.16. The Labute approximate surface area is 103 Å². The van der Waals surface area contributed by atoms with Gasteiger partial charge in [-0.25, -0.2) is 4.98 Å². The molecule has 1 aromatic rings. The molecule has 2 heterocycles. The number of aliphatic hydroxyl groups excluding tert-OH is 1. The highest BCUT2D eigenvalue weighted by atomic mass is 16.3. The summed E-state index contributed by atoms with van der Waals surface area (Å²) in [6.45, 7) is 8.20. The summed E-state index contributed by atoms with van der Waals surface area (Å²) in [6.07, 6.45) is 3.98. The van der Waals surface area contributed by atoms with Gasteiger partial charge < -0.3 is 10.0 Å². The van der Waals surface area contributed by atoms with Gasteiger partial charge in [-0.3, -0.25) is 4.98 Å². The largest absolute Gasteiger partial charge is 0.396 e. The quantitative estimate of drug-likeness (QED) is 0.847. The van der Waals surface area contributed by atoms with Crippen molar-refractivity contribution in [1.82, 2.24) is 9.97 Å². The third kappa shape index (κ3) is 2.57. The van der Waals surface area contributed by atoms with Gasteiger partial charge in [0.05, 0.1) is 18.0 Å². The Kier molecular flexibility index (Phi) is 3.33. The van der Waals surface area contributed by atoms with E-state index in [2.05, 4.69) is 21.8 Å². The van der Waals surface area contributed by atoms with E-state index in [1.54, 1.807) is 6.20 Å². The van der Waals surface area contributed by atoms with Crippen LogP contribution in [0.2, 0.25) is 0 Å². The van der Waals surface area contributed by atoms with Gasteiger partial charge in [-0.2, -0.15) is 0 Å². The van der Waals surface area contributed by atoms with Gasteiger partial charge >= 0.3 is 0 Å². The standard InChI is InChI=1S/C13H21N3O/c1-10-7-14-11(2)12(15-10)16-6-4-5-13(3,8-16)9-17/h7,17H,4-6,8-9H2,1-3H3/t13-/m1/s1. The third-order valence-electron chi connectivity index (χ3n) is 3.51. The van der Waals surface area contributed by atoms with Crippen molar-refractivity contribution < 1.29 is 5.11 Å². The van der Waals surface area contributed by atoms with Crippen molar-refractivity contribution in [2.24, 2.45) is 5.41 Å². The molecule has 0 spiro atoms. The number of hydrogen-bond acceptors (Lipinski definition) is 4. The van der Waals surface area contributed by atoms with E-state index in [1.807, 2.05) is 13.8 Å². The molecule has 0 bridgehead atoms. The summed E-state index contributed by atoms with van der Waals surface area (Å²) < 4.78 is 0. The van der Waals surface area contributed by atoms with E-state index in [-0.39, 0.29) is 12.0 Å². The number of anilines is 1. The van der Waals surface area contributed by atoms with Crippen molar-refractivity contribution in [3.63, 3.8) is 0 Å². The van der Waals surface area contributed by atoms with Crippen LogP contribution in [0.3, 0.4) is 0 Å². The van der Waals surface area contributed by atoms with Crippen molar-refractivity contribution in [2.75, 3.05) is 24.6 Å². The highest BCUT2D eigenvalue weighted by Gasteiger charge is 2.31. The van der Waals surface area contributed by atoms with Crippen molar-refractivity contribution in [3.05, 3.63) is 17.6 Å². The minimum absolute atomic E-state index is 0.00385. The number of piperidine rings is 1. The van der Waals surface area contributed by atoms with E-state index < -0.39 is 0 Å². The summed E-state index contributed by atoms with van der Waals surface area (Å²) in [4.78, 5) is 11.2. The van der Waals surface area contributed by atoms with Crippen LogP contribution in [0.5, 0.6) is 0 Å². The number of aromatic nitrogens is 2. The summed E-state index contributed by atoms with van der Waals surface area (Å²) in [5.74, 6) is 0.976. The van der Waals surface area contributed by atoms with Crippen LogP contribution in [0.4, 0.5) is 5.82 Å². The maximum absolute atomic E-state index is 9.48. The molecular weight excluding hydrogens is 214 g/mol. The van der Waals surface area contributed by atoms with E-state index in [0.29, 0.717) is 0 Å². The molecule has 4 nitrogen and oxygen atoms in total. The van der Waals surface area contributed by atoms with Gasteiger partial charge in [-0.15, -0.1) is 0 Å². The van der Waals surface area contributed by atoms with Crippen LogP contribution in [0.1, 0.15) is 31.2 Å². The van der Waals surface area contributed by atoms with Gasteiger partial charge in [0.2, 0.25) is 0 Å². The predicted molar refractivity (Wildman–Crippen MR) is 68.1 cm³/mol. The van der Waals surface area contributed by atoms with E-state index >= 15 is 0 Å². The molecule has 94 valence electrons. The molecule has 0 aliphatic carbocycles. The second kappa shape index (κ2) is 4.61. The zero-order chi connectivity index (χ0) is 12.5. The Morgan fingerprint density at radius 2 is 2.24 bits per heavy atom. The number of aryl methyl sites for hydroxylation is 2. The van der Waals surface area contributed by atoms with Crippen LogP contribution in [-0.2, 0) is 0 Å². The van der Waals surface area contributed by atoms with Gasteiger partial charge in [0.1, 0.15) is 5.82 Å². The van der Waals surface area contributed by atoms with E-state index in [9.17, 15) is 5.11 Å². The van der Waals surface area contributed by atoms with Gasteiger partial charge in [-0.05, 0) is 26.7 Å². The lowest BCUT2D eigenvalue weighted by Crippen LogP contribution is -2.44. The van der Waals surface area contributed by atoms with Crippen LogP contribution in [-0.4, -0.2) is 34.8 Å². The van der Waals surface area contributed by atoms with Crippen LogP contribution in [0.25, 0.3) is 0 Å². The van der Waals surface area contributed by atoms with Crippen LogP contribution in [0.15, 0.2) is 6.20 Å². The minimum Gasteiger partial charge on any atom is -0.396 e. The predicted octanol–water partition coefficient (Wildman–Crippen LogP) is 1.69. The van der Waals surface area contributed by atoms with Crippen LogP contribution in [0, 0.1) is 19.3 Å². The van der Waals surface area contributed by atoms with E-state index in [0.717, 1.165) is 43.1 Å². The fraction of sp³-hybridized carbons (Fsp3) is 0.692. The fourth-order valence-corrected chi connectivity index (χ4v) is 2.45. The Balaban J connectivity index is 2.24. The molecule has 1 N–H and O–H groups in total. The lowest BCUT2D eigenvalue weighted by Gasteiger charge is -2.40. The molecule has 2 rings (SSSR count). The van der Waals surface area contributed by atoms with E-state index in [4.69, 9.17) is 0 Å². The monoisotopic (exact) mass is 235 g/mol. The second-order valence-electron chi connectivity index (χ2n) is 5.41. The molecule has 1 aliphatic heterocycles. The molecule has 0 amide bonds. The first-order valence-corrected chi connectivity index (χ1v) is 6.20. The Morgan fingerprint density at radius 3 is 2.94 bits per heavy atom. The first-order chi connectivity index (χ1) is 8.04. The number of nitrogens with zero attached hydrogens (tertiary/aromatic N) is 3. The average Bonchev–Trinajstić information content (AvgIpc) is 2.32.